The molecule has 0 amide bonds. The lowest BCUT2D eigenvalue weighted by molar-refractivity contribution is 0.0600. The molecule has 0 aliphatic carbocycles. The fraction of sp³-hybridized carbons (Fsp3) is 0.450. The van der Waals surface area contributed by atoms with Crippen molar-refractivity contribution in [1.29, 1.82) is 0 Å². The van der Waals surface area contributed by atoms with E-state index in [1.54, 1.807) is 0 Å². The van der Waals surface area contributed by atoms with E-state index in [-0.39, 0.29) is 12.0 Å². The Balaban J connectivity index is 2.06. The smallest absolute Gasteiger partial charge is 0.337 e. The summed E-state index contributed by atoms with van der Waals surface area (Å²) in [6.07, 6.45) is 4.44. The van der Waals surface area contributed by atoms with Gasteiger partial charge in [0.15, 0.2) is 0 Å². The van der Waals surface area contributed by atoms with Crippen molar-refractivity contribution in [2.24, 2.45) is 0 Å². The summed E-state index contributed by atoms with van der Waals surface area (Å²) in [5, 5.41) is 0. The molecule has 6 heteroatoms. The lowest BCUT2D eigenvalue weighted by Crippen LogP contribution is -2.30. The predicted molar refractivity (Wildman–Crippen MR) is 102 cm³/mol. The molecule has 3 rings (SSSR count). The van der Waals surface area contributed by atoms with E-state index in [0.29, 0.717) is 11.5 Å². The molecule has 6 nitrogen and oxygen atoms in total. The fourth-order valence-corrected chi connectivity index (χ4v) is 3.67. The van der Waals surface area contributed by atoms with Gasteiger partial charge in [-0.2, -0.15) is 4.98 Å². The first-order valence-electron chi connectivity index (χ1n) is 9.06. The standard InChI is InChI=1S/C20H26N4O2/c1-13-8-9-15(19(25)26-3)12-16(13)17-7-5-4-6-10-24(17)18-11-14(2)22-20(21)23-18/h8-9,11-12,17H,4-7,10H2,1-3H3,(H2,21,22,23). The number of anilines is 2. The first-order valence-corrected chi connectivity index (χ1v) is 9.06. The average Bonchev–Trinajstić information content (AvgIpc) is 2.86. The highest BCUT2D eigenvalue weighted by molar-refractivity contribution is 5.89. The number of methoxy groups -OCH3 is 1. The minimum absolute atomic E-state index is 0.149. The number of carbonyl (C=O) groups excluding carboxylic acids is 1. The van der Waals surface area contributed by atoms with Gasteiger partial charge in [0, 0.05) is 18.3 Å². The molecule has 1 aliphatic rings. The molecule has 0 saturated carbocycles. The Morgan fingerprint density at radius 3 is 2.73 bits per heavy atom. The lowest BCUT2D eigenvalue weighted by Gasteiger charge is -2.33. The maximum atomic E-state index is 12.0. The van der Waals surface area contributed by atoms with Gasteiger partial charge in [-0.1, -0.05) is 18.9 Å². The fourth-order valence-electron chi connectivity index (χ4n) is 3.67. The molecule has 0 radical (unpaired) electrons. The van der Waals surface area contributed by atoms with E-state index in [9.17, 15) is 4.79 Å². The van der Waals surface area contributed by atoms with Crippen LogP contribution >= 0.6 is 0 Å². The lowest BCUT2D eigenvalue weighted by atomic mass is 9.94. The van der Waals surface area contributed by atoms with Crippen LogP contribution in [0.5, 0.6) is 0 Å². The van der Waals surface area contributed by atoms with Crippen LogP contribution in [0, 0.1) is 13.8 Å². The van der Waals surface area contributed by atoms with Crippen LogP contribution in [0.1, 0.15) is 58.9 Å². The van der Waals surface area contributed by atoms with E-state index in [2.05, 4.69) is 21.8 Å². The van der Waals surface area contributed by atoms with Crippen molar-refractivity contribution >= 4 is 17.7 Å². The number of carbonyl (C=O) groups is 1. The molecule has 1 aromatic carbocycles. The summed E-state index contributed by atoms with van der Waals surface area (Å²) in [6.45, 7) is 4.92. The minimum atomic E-state index is -0.312. The second kappa shape index (κ2) is 7.72. The quantitative estimate of drug-likeness (QED) is 0.849. The van der Waals surface area contributed by atoms with Gasteiger partial charge in [0.2, 0.25) is 5.95 Å². The third kappa shape index (κ3) is 3.79. The summed E-state index contributed by atoms with van der Waals surface area (Å²) >= 11 is 0. The van der Waals surface area contributed by atoms with Crippen LogP contribution in [0.2, 0.25) is 0 Å². The SMILES string of the molecule is COC(=O)c1ccc(C)c(C2CCCCCN2c2cc(C)nc(N)n2)c1. The first kappa shape index (κ1) is 18.2. The highest BCUT2D eigenvalue weighted by atomic mass is 16.5. The number of aromatic nitrogens is 2. The third-order valence-corrected chi connectivity index (χ3v) is 4.96. The second-order valence-corrected chi connectivity index (χ2v) is 6.85. The van der Waals surface area contributed by atoms with Crippen LogP contribution in [0.25, 0.3) is 0 Å². The maximum Gasteiger partial charge on any atom is 0.337 e. The molecule has 0 bridgehead atoms. The zero-order valence-corrected chi connectivity index (χ0v) is 15.7. The summed E-state index contributed by atoms with van der Waals surface area (Å²) in [4.78, 5) is 23.0. The second-order valence-electron chi connectivity index (χ2n) is 6.85. The van der Waals surface area contributed by atoms with E-state index in [1.165, 1.54) is 13.5 Å². The highest BCUT2D eigenvalue weighted by Gasteiger charge is 2.26. The molecule has 2 heterocycles. The number of ether oxygens (including phenoxy) is 1. The summed E-state index contributed by atoms with van der Waals surface area (Å²) in [7, 11) is 1.41. The zero-order valence-electron chi connectivity index (χ0n) is 15.7. The van der Waals surface area contributed by atoms with Crippen LogP contribution < -0.4 is 10.6 Å². The van der Waals surface area contributed by atoms with Gasteiger partial charge in [-0.25, -0.2) is 9.78 Å². The summed E-state index contributed by atoms with van der Waals surface area (Å²) in [6, 6.07) is 7.90. The van der Waals surface area contributed by atoms with E-state index in [1.807, 2.05) is 31.2 Å². The van der Waals surface area contributed by atoms with Gasteiger partial charge < -0.3 is 15.4 Å². The number of nitrogen functional groups attached to an aromatic ring is 1. The van der Waals surface area contributed by atoms with Crippen LogP contribution in [0.3, 0.4) is 0 Å². The Labute approximate surface area is 154 Å². The molecule has 1 fully saturated rings. The predicted octanol–water partition coefficient (Wildman–Crippen LogP) is 3.58. The number of benzene rings is 1. The van der Waals surface area contributed by atoms with Crippen molar-refractivity contribution in [2.75, 3.05) is 24.3 Å². The summed E-state index contributed by atoms with van der Waals surface area (Å²) < 4.78 is 4.90. The molecule has 1 saturated heterocycles. The summed E-state index contributed by atoms with van der Waals surface area (Å²) in [5.41, 5.74) is 9.63. The van der Waals surface area contributed by atoms with Crippen molar-refractivity contribution < 1.29 is 9.53 Å². The topological polar surface area (TPSA) is 81.3 Å². The zero-order chi connectivity index (χ0) is 18.7. The molecule has 1 unspecified atom stereocenters. The Hall–Kier alpha value is -2.63. The van der Waals surface area contributed by atoms with E-state index >= 15 is 0 Å². The van der Waals surface area contributed by atoms with Crippen molar-refractivity contribution in [3.63, 3.8) is 0 Å². The van der Waals surface area contributed by atoms with Crippen molar-refractivity contribution in [2.45, 2.75) is 45.6 Å². The maximum absolute atomic E-state index is 12.0. The average molecular weight is 354 g/mol. The largest absolute Gasteiger partial charge is 0.465 e. The Bertz CT molecular complexity index is 786. The van der Waals surface area contributed by atoms with Gasteiger partial charge in [0.05, 0.1) is 18.7 Å². The molecule has 2 N–H and O–H groups in total. The van der Waals surface area contributed by atoms with E-state index in [4.69, 9.17) is 10.5 Å². The molecule has 0 spiro atoms. The number of esters is 1. The Morgan fingerprint density at radius 2 is 2.00 bits per heavy atom. The normalized spacial score (nSPS) is 17.7. The molecule has 1 aromatic heterocycles. The number of aryl methyl sites for hydroxylation is 2. The summed E-state index contributed by atoms with van der Waals surface area (Å²) in [5.74, 6) is 0.835. The van der Waals surface area contributed by atoms with Gasteiger partial charge >= 0.3 is 5.97 Å². The van der Waals surface area contributed by atoms with Crippen LogP contribution in [0.15, 0.2) is 24.3 Å². The van der Waals surface area contributed by atoms with Crippen molar-refractivity contribution in [1.82, 2.24) is 9.97 Å². The molecular weight excluding hydrogens is 328 g/mol. The number of nitrogens with zero attached hydrogens (tertiary/aromatic N) is 3. The van der Waals surface area contributed by atoms with Gasteiger partial charge in [-0.15, -0.1) is 0 Å². The van der Waals surface area contributed by atoms with Crippen LogP contribution in [-0.2, 0) is 4.74 Å². The number of hydrogen-bond acceptors (Lipinski definition) is 6. The van der Waals surface area contributed by atoms with Crippen molar-refractivity contribution in [3.8, 4) is 0 Å². The number of rotatable bonds is 3. The van der Waals surface area contributed by atoms with Gasteiger partial charge in [-0.3, -0.25) is 0 Å². The molecule has 2 aromatic rings. The highest BCUT2D eigenvalue weighted by Crippen LogP contribution is 2.35. The van der Waals surface area contributed by atoms with Gasteiger partial charge in [-0.05, 0) is 49.9 Å². The molecule has 1 atom stereocenters. The molecule has 1 aliphatic heterocycles. The minimum Gasteiger partial charge on any atom is -0.465 e. The third-order valence-electron chi connectivity index (χ3n) is 4.96. The first-order chi connectivity index (χ1) is 12.5. The number of nitrogens with two attached hydrogens (primary N) is 1. The molecule has 26 heavy (non-hydrogen) atoms. The Kier molecular flexibility index (Phi) is 5.40. The van der Waals surface area contributed by atoms with Gasteiger partial charge in [0.25, 0.3) is 0 Å². The van der Waals surface area contributed by atoms with E-state index in [0.717, 1.165) is 48.4 Å². The van der Waals surface area contributed by atoms with Gasteiger partial charge in [0.1, 0.15) is 5.82 Å². The Morgan fingerprint density at radius 1 is 1.19 bits per heavy atom. The van der Waals surface area contributed by atoms with Crippen LogP contribution in [-0.4, -0.2) is 29.6 Å². The van der Waals surface area contributed by atoms with E-state index < -0.39 is 0 Å². The monoisotopic (exact) mass is 354 g/mol. The molecule has 138 valence electrons. The van der Waals surface area contributed by atoms with Crippen molar-refractivity contribution in [3.05, 3.63) is 46.6 Å². The number of hydrogen-bond donors (Lipinski definition) is 1. The molecular formula is C20H26N4O2. The van der Waals surface area contributed by atoms with Crippen LogP contribution in [0.4, 0.5) is 11.8 Å².